The van der Waals surface area contributed by atoms with E-state index in [4.69, 9.17) is 13.6 Å². The van der Waals surface area contributed by atoms with Crippen LogP contribution in [0.2, 0.25) is 0 Å². The van der Waals surface area contributed by atoms with E-state index in [-0.39, 0.29) is 12.1 Å². The number of hydrogen-bond acceptors (Lipinski definition) is 6. The van der Waals surface area contributed by atoms with Crippen molar-refractivity contribution in [2.24, 2.45) is 0 Å². The minimum atomic E-state index is -0.722. The molecule has 0 aliphatic heterocycles. The summed E-state index contributed by atoms with van der Waals surface area (Å²) in [5, 5.41) is 3.34. The van der Waals surface area contributed by atoms with Gasteiger partial charge in [-0.1, -0.05) is 12.1 Å². The maximum atomic E-state index is 12.5. The third-order valence-corrected chi connectivity index (χ3v) is 4.24. The molecule has 0 spiro atoms. The quantitative estimate of drug-likeness (QED) is 0.537. The molecule has 0 saturated carbocycles. The van der Waals surface area contributed by atoms with Crippen LogP contribution in [-0.2, 0) is 6.54 Å². The van der Waals surface area contributed by atoms with E-state index in [1.807, 2.05) is 6.07 Å². The molecule has 0 aliphatic rings. The summed E-state index contributed by atoms with van der Waals surface area (Å²) in [6.45, 7) is 0.227. The van der Waals surface area contributed by atoms with Gasteiger partial charge >= 0.3 is 5.63 Å². The van der Waals surface area contributed by atoms with Gasteiger partial charge < -0.3 is 18.9 Å². The molecule has 1 amide bonds. The van der Waals surface area contributed by atoms with Crippen molar-refractivity contribution in [2.45, 2.75) is 6.54 Å². The number of rotatable bonds is 5. The van der Waals surface area contributed by atoms with Gasteiger partial charge in [0.2, 0.25) is 0 Å². The second-order valence-electron chi connectivity index (χ2n) is 6.04. The molecule has 0 saturated heterocycles. The van der Waals surface area contributed by atoms with Gasteiger partial charge in [-0.25, -0.2) is 4.79 Å². The Morgan fingerprint density at radius 1 is 1.18 bits per heavy atom. The van der Waals surface area contributed by atoms with E-state index in [1.165, 1.54) is 13.2 Å². The highest BCUT2D eigenvalue weighted by Gasteiger charge is 2.15. The fourth-order valence-corrected chi connectivity index (χ4v) is 2.86. The SMILES string of the molecule is COc1cccc2cc(C(=O)NCc3ccnc(-c4ccco4)c3)c(=O)oc12. The highest BCUT2D eigenvalue weighted by molar-refractivity contribution is 5.97. The molecule has 28 heavy (non-hydrogen) atoms. The van der Waals surface area contributed by atoms with Crippen LogP contribution in [0.15, 0.2) is 74.6 Å². The predicted octanol–water partition coefficient (Wildman–Crippen LogP) is 3.39. The van der Waals surface area contributed by atoms with E-state index < -0.39 is 11.5 Å². The first-order chi connectivity index (χ1) is 13.7. The smallest absolute Gasteiger partial charge is 0.349 e. The van der Waals surface area contributed by atoms with Crippen LogP contribution in [0.25, 0.3) is 22.4 Å². The molecule has 7 nitrogen and oxygen atoms in total. The standard InChI is InChI=1S/C21H16N2O5/c1-26-18-5-2-4-14-11-15(21(25)28-19(14)18)20(24)23-12-13-7-8-22-16(10-13)17-6-3-9-27-17/h2-11H,12H2,1H3,(H,23,24). The minimum absolute atomic E-state index is 0.0685. The van der Waals surface area contributed by atoms with E-state index in [0.717, 1.165) is 5.56 Å². The Morgan fingerprint density at radius 3 is 2.86 bits per heavy atom. The Hall–Kier alpha value is -3.87. The van der Waals surface area contributed by atoms with Crippen LogP contribution >= 0.6 is 0 Å². The van der Waals surface area contributed by atoms with Crippen molar-refractivity contribution < 1.29 is 18.4 Å². The number of benzene rings is 1. The fourth-order valence-electron chi connectivity index (χ4n) is 2.86. The first-order valence-corrected chi connectivity index (χ1v) is 8.53. The predicted molar refractivity (Wildman–Crippen MR) is 102 cm³/mol. The van der Waals surface area contributed by atoms with Gasteiger partial charge in [0, 0.05) is 18.1 Å². The van der Waals surface area contributed by atoms with Crippen LogP contribution in [0.4, 0.5) is 0 Å². The number of pyridine rings is 1. The molecule has 0 bridgehead atoms. The van der Waals surface area contributed by atoms with E-state index in [2.05, 4.69) is 10.3 Å². The van der Waals surface area contributed by atoms with Crippen LogP contribution in [0.1, 0.15) is 15.9 Å². The normalized spacial score (nSPS) is 10.8. The van der Waals surface area contributed by atoms with Crippen LogP contribution in [0, 0.1) is 0 Å². The molecule has 1 N–H and O–H groups in total. The molecule has 1 aromatic carbocycles. The number of para-hydroxylation sites is 1. The zero-order chi connectivity index (χ0) is 19.5. The first kappa shape index (κ1) is 17.5. The number of methoxy groups -OCH3 is 1. The molecule has 7 heteroatoms. The van der Waals surface area contributed by atoms with E-state index in [0.29, 0.717) is 28.2 Å². The summed E-state index contributed by atoms with van der Waals surface area (Å²) in [6, 6.07) is 13.9. The lowest BCUT2D eigenvalue weighted by Gasteiger charge is -2.07. The van der Waals surface area contributed by atoms with Crippen molar-refractivity contribution in [1.29, 1.82) is 0 Å². The molecule has 3 aromatic heterocycles. The average molecular weight is 376 g/mol. The van der Waals surface area contributed by atoms with Gasteiger partial charge in [-0.15, -0.1) is 0 Å². The monoisotopic (exact) mass is 376 g/mol. The number of carbonyl (C=O) groups excluding carboxylic acids is 1. The van der Waals surface area contributed by atoms with Gasteiger partial charge in [-0.3, -0.25) is 9.78 Å². The molecular formula is C21H16N2O5. The maximum absolute atomic E-state index is 12.5. The van der Waals surface area contributed by atoms with Crippen LogP contribution in [-0.4, -0.2) is 18.0 Å². The largest absolute Gasteiger partial charge is 0.493 e. The summed E-state index contributed by atoms with van der Waals surface area (Å²) < 4.78 is 15.8. The summed E-state index contributed by atoms with van der Waals surface area (Å²) >= 11 is 0. The molecule has 140 valence electrons. The van der Waals surface area contributed by atoms with Gasteiger partial charge in [0.1, 0.15) is 11.3 Å². The third-order valence-electron chi connectivity index (χ3n) is 4.24. The topological polar surface area (TPSA) is 94.6 Å². The number of amides is 1. The Balaban J connectivity index is 1.55. The van der Waals surface area contributed by atoms with Crippen molar-refractivity contribution in [1.82, 2.24) is 10.3 Å². The lowest BCUT2D eigenvalue weighted by atomic mass is 10.1. The first-order valence-electron chi connectivity index (χ1n) is 8.53. The number of furan rings is 1. The van der Waals surface area contributed by atoms with Crippen molar-refractivity contribution in [3.63, 3.8) is 0 Å². The third kappa shape index (κ3) is 3.37. The Labute approximate surface area is 159 Å². The van der Waals surface area contributed by atoms with Gasteiger partial charge in [0.15, 0.2) is 17.1 Å². The molecule has 3 heterocycles. The van der Waals surface area contributed by atoms with Crippen molar-refractivity contribution in [3.8, 4) is 17.2 Å². The van der Waals surface area contributed by atoms with E-state index in [9.17, 15) is 9.59 Å². The average Bonchev–Trinajstić information content (AvgIpc) is 3.26. The molecule has 4 aromatic rings. The summed E-state index contributed by atoms with van der Waals surface area (Å²) in [5.74, 6) is 0.552. The van der Waals surface area contributed by atoms with Gasteiger partial charge in [0.05, 0.1) is 13.4 Å². The van der Waals surface area contributed by atoms with Crippen LogP contribution in [0.5, 0.6) is 5.75 Å². The summed E-state index contributed by atoms with van der Waals surface area (Å²) in [6.07, 6.45) is 3.20. The number of fused-ring (bicyclic) bond motifs is 1. The molecule has 0 unspecified atom stereocenters. The number of nitrogens with zero attached hydrogens (tertiary/aromatic N) is 1. The molecule has 0 atom stereocenters. The van der Waals surface area contributed by atoms with Crippen molar-refractivity contribution in [2.75, 3.05) is 7.11 Å². The Bertz CT molecular complexity index is 1200. The number of ether oxygens (including phenoxy) is 1. The van der Waals surface area contributed by atoms with E-state index in [1.54, 1.807) is 48.9 Å². The summed E-state index contributed by atoms with van der Waals surface area (Å²) in [4.78, 5) is 29.0. The van der Waals surface area contributed by atoms with Gasteiger partial charge in [-0.2, -0.15) is 0 Å². The summed E-state index contributed by atoms with van der Waals surface area (Å²) in [7, 11) is 1.49. The van der Waals surface area contributed by atoms with Gasteiger partial charge in [0.25, 0.3) is 5.91 Å². The second-order valence-corrected chi connectivity index (χ2v) is 6.04. The lowest BCUT2D eigenvalue weighted by molar-refractivity contribution is 0.0947. The second kappa shape index (κ2) is 7.40. The Morgan fingerprint density at radius 2 is 2.07 bits per heavy atom. The zero-order valence-electron chi connectivity index (χ0n) is 15.0. The summed E-state index contributed by atoms with van der Waals surface area (Å²) in [5.41, 5.74) is 1.00. The van der Waals surface area contributed by atoms with Crippen LogP contribution in [0.3, 0.4) is 0 Å². The fraction of sp³-hybridized carbons (Fsp3) is 0.0952. The molecule has 0 radical (unpaired) electrons. The minimum Gasteiger partial charge on any atom is -0.493 e. The molecule has 4 rings (SSSR count). The highest BCUT2D eigenvalue weighted by atomic mass is 16.5. The molecule has 0 aliphatic carbocycles. The number of aromatic nitrogens is 1. The van der Waals surface area contributed by atoms with Crippen LogP contribution < -0.4 is 15.7 Å². The maximum Gasteiger partial charge on any atom is 0.349 e. The molecular weight excluding hydrogens is 360 g/mol. The number of hydrogen-bond donors (Lipinski definition) is 1. The Kier molecular flexibility index (Phi) is 4.63. The van der Waals surface area contributed by atoms with E-state index >= 15 is 0 Å². The zero-order valence-corrected chi connectivity index (χ0v) is 15.0. The number of nitrogens with one attached hydrogen (secondary N) is 1. The number of carbonyl (C=O) groups is 1. The molecule has 0 fully saturated rings. The highest BCUT2D eigenvalue weighted by Crippen LogP contribution is 2.24. The van der Waals surface area contributed by atoms with Gasteiger partial charge in [-0.05, 0) is 42.0 Å². The lowest BCUT2D eigenvalue weighted by Crippen LogP contribution is -2.27. The van der Waals surface area contributed by atoms with Crippen molar-refractivity contribution in [3.05, 3.63) is 82.5 Å². The van der Waals surface area contributed by atoms with Crippen molar-refractivity contribution >= 4 is 16.9 Å².